The molecule has 3 aromatic rings. The van der Waals surface area contributed by atoms with Crippen LogP contribution in [0.5, 0.6) is 5.75 Å². The first-order chi connectivity index (χ1) is 16.3. The molecule has 186 valence electrons. The highest BCUT2D eigenvalue weighted by Gasteiger charge is 2.24. The molecular weight excluding hydrogens is 521 g/mol. The zero-order valence-corrected chi connectivity index (χ0v) is 20.9. The van der Waals surface area contributed by atoms with Crippen LogP contribution >= 0.6 is 11.6 Å². The van der Waals surface area contributed by atoms with E-state index in [1.54, 1.807) is 12.1 Å². The lowest BCUT2D eigenvalue weighted by molar-refractivity contribution is -0.145. The molecule has 3 rings (SSSR count). The third-order valence-corrected chi connectivity index (χ3v) is 8.19. The number of nitrogens with zero attached hydrogens (tertiary/aromatic N) is 1. The van der Waals surface area contributed by atoms with Crippen molar-refractivity contribution in [2.75, 3.05) is 13.3 Å². The van der Waals surface area contributed by atoms with Crippen LogP contribution in [0, 0.1) is 5.82 Å². The first-order valence-corrected chi connectivity index (χ1v) is 13.7. The number of rotatable bonds is 9. The first kappa shape index (κ1) is 26.6. The van der Waals surface area contributed by atoms with Crippen LogP contribution in [-0.4, -0.2) is 45.5 Å². The van der Waals surface area contributed by atoms with Gasteiger partial charge in [-0.1, -0.05) is 35.9 Å². The second-order valence-corrected chi connectivity index (χ2v) is 12.1. The number of carboxylic acids is 1. The molecule has 0 aromatic heterocycles. The van der Waals surface area contributed by atoms with Gasteiger partial charge in [0.25, 0.3) is 0 Å². The van der Waals surface area contributed by atoms with Crippen molar-refractivity contribution in [3.63, 3.8) is 0 Å². The van der Waals surface area contributed by atoms with Gasteiger partial charge in [0.15, 0.2) is 9.84 Å². The van der Waals surface area contributed by atoms with Gasteiger partial charge in [-0.25, -0.2) is 26.0 Å². The molecule has 12 heteroatoms. The summed E-state index contributed by atoms with van der Waals surface area (Å²) in [5, 5.41) is 9.30. The van der Waals surface area contributed by atoms with Crippen LogP contribution in [0.3, 0.4) is 0 Å². The van der Waals surface area contributed by atoms with Gasteiger partial charge in [0.2, 0.25) is 16.1 Å². The number of ether oxygens (including phenoxy) is 1. The number of aliphatic carboxylic acids is 1. The lowest BCUT2D eigenvalue weighted by Gasteiger charge is -2.19. The number of hydrogen-bond donors (Lipinski definition) is 1. The quantitative estimate of drug-likeness (QED) is 0.436. The van der Waals surface area contributed by atoms with Crippen molar-refractivity contribution in [3.8, 4) is 5.75 Å². The average molecular weight is 542 g/mol. The zero-order chi connectivity index (χ0) is 26.0. The summed E-state index contributed by atoms with van der Waals surface area (Å²) in [7, 11) is -6.13. The molecule has 0 aliphatic rings. The maximum atomic E-state index is 13.4. The summed E-state index contributed by atoms with van der Waals surface area (Å²) in [4.78, 5) is 11.6. The summed E-state index contributed by atoms with van der Waals surface area (Å²) in [6, 6.07) is 14.7. The predicted molar refractivity (Wildman–Crippen MR) is 127 cm³/mol. The SMILES string of the molecule is CN(Cc1ccc(OC(C(=O)O)c2cccc(S(C)(=O)=O)c2)cc1)S(=O)(=O)c1ccc(F)c(Cl)c1. The molecule has 0 heterocycles. The van der Waals surface area contributed by atoms with E-state index in [-0.39, 0.29) is 32.7 Å². The number of hydrogen-bond acceptors (Lipinski definition) is 6. The second kappa shape index (κ2) is 10.3. The molecule has 0 saturated carbocycles. The Morgan fingerprint density at radius 2 is 1.69 bits per heavy atom. The largest absolute Gasteiger partial charge is 0.478 e. The molecule has 8 nitrogen and oxygen atoms in total. The number of halogens is 2. The monoisotopic (exact) mass is 541 g/mol. The van der Waals surface area contributed by atoms with Gasteiger partial charge in [-0.05, 0) is 48.0 Å². The van der Waals surface area contributed by atoms with E-state index in [0.717, 1.165) is 28.8 Å². The highest BCUT2D eigenvalue weighted by molar-refractivity contribution is 7.90. The first-order valence-electron chi connectivity index (χ1n) is 9.99. The van der Waals surface area contributed by atoms with E-state index in [4.69, 9.17) is 16.3 Å². The van der Waals surface area contributed by atoms with Crippen LogP contribution in [0.4, 0.5) is 4.39 Å². The highest BCUT2D eigenvalue weighted by Crippen LogP contribution is 2.26. The van der Waals surface area contributed by atoms with Gasteiger partial charge in [-0.2, -0.15) is 4.31 Å². The number of sulfone groups is 1. The third-order valence-electron chi connectivity index (χ3n) is 5.00. The van der Waals surface area contributed by atoms with Crippen molar-refractivity contribution in [1.29, 1.82) is 0 Å². The Bertz CT molecular complexity index is 1460. The Balaban J connectivity index is 1.76. The molecule has 0 bridgehead atoms. The molecule has 3 aromatic carbocycles. The summed E-state index contributed by atoms with van der Waals surface area (Å²) in [6.07, 6.45) is -0.447. The van der Waals surface area contributed by atoms with Gasteiger partial charge in [0.1, 0.15) is 11.6 Å². The lowest BCUT2D eigenvalue weighted by atomic mass is 10.1. The van der Waals surface area contributed by atoms with Crippen molar-refractivity contribution < 1.29 is 35.9 Å². The summed E-state index contributed by atoms with van der Waals surface area (Å²) in [6.45, 7) is -0.0314. The average Bonchev–Trinajstić information content (AvgIpc) is 2.79. The Morgan fingerprint density at radius 1 is 1.03 bits per heavy atom. The molecule has 0 saturated heterocycles. The summed E-state index contributed by atoms with van der Waals surface area (Å²) < 4.78 is 69.1. The maximum Gasteiger partial charge on any atom is 0.349 e. The molecule has 0 aliphatic heterocycles. The Hall–Kier alpha value is -2.99. The third kappa shape index (κ3) is 6.37. The fourth-order valence-corrected chi connectivity index (χ4v) is 5.25. The van der Waals surface area contributed by atoms with E-state index in [1.165, 1.54) is 43.4 Å². The van der Waals surface area contributed by atoms with Crippen molar-refractivity contribution in [3.05, 3.63) is 88.7 Å². The second-order valence-electron chi connectivity index (χ2n) is 7.66. The molecule has 0 amide bonds. The zero-order valence-electron chi connectivity index (χ0n) is 18.6. The van der Waals surface area contributed by atoms with Crippen LogP contribution in [-0.2, 0) is 31.2 Å². The van der Waals surface area contributed by atoms with Crippen molar-refractivity contribution in [2.24, 2.45) is 0 Å². The van der Waals surface area contributed by atoms with Crippen LogP contribution in [0.1, 0.15) is 17.2 Å². The van der Waals surface area contributed by atoms with Gasteiger partial charge in [-0.15, -0.1) is 0 Å². The summed E-state index contributed by atoms with van der Waals surface area (Å²) >= 11 is 5.70. The number of sulfonamides is 1. The molecule has 0 radical (unpaired) electrons. The van der Waals surface area contributed by atoms with Gasteiger partial charge >= 0.3 is 5.97 Å². The van der Waals surface area contributed by atoms with Crippen molar-refractivity contribution >= 4 is 37.4 Å². The fourth-order valence-electron chi connectivity index (χ4n) is 3.14. The Kier molecular flexibility index (Phi) is 7.85. The minimum atomic E-state index is -3.94. The molecular formula is C23H21ClFNO7S2. The van der Waals surface area contributed by atoms with E-state index in [9.17, 15) is 31.1 Å². The molecule has 1 atom stereocenters. The van der Waals surface area contributed by atoms with E-state index < -0.39 is 37.8 Å². The fraction of sp³-hybridized carbons (Fsp3) is 0.174. The molecule has 1 unspecified atom stereocenters. The van der Waals surface area contributed by atoms with E-state index in [2.05, 4.69) is 0 Å². The highest BCUT2D eigenvalue weighted by atomic mass is 35.5. The topological polar surface area (TPSA) is 118 Å². The number of carboxylic acid groups (broad SMARTS) is 1. The predicted octanol–water partition coefficient (Wildman–Crippen LogP) is 3.91. The normalized spacial score (nSPS) is 12.9. The van der Waals surface area contributed by atoms with Crippen molar-refractivity contribution in [2.45, 2.75) is 22.4 Å². The van der Waals surface area contributed by atoms with Crippen LogP contribution in [0.15, 0.2) is 76.5 Å². The van der Waals surface area contributed by atoms with Crippen LogP contribution < -0.4 is 4.74 Å². The standard InChI is InChI=1S/C23H21ClFNO7S2/c1-26(35(31,32)19-10-11-21(25)20(24)13-19)14-15-6-8-17(9-7-15)33-22(23(27)28)16-4-3-5-18(12-16)34(2,29)30/h3-13,22H,14H2,1-2H3,(H,27,28). The van der Waals surface area contributed by atoms with Crippen LogP contribution in [0.2, 0.25) is 5.02 Å². The summed E-state index contributed by atoms with van der Waals surface area (Å²) in [5.41, 5.74) is 0.718. The maximum absolute atomic E-state index is 13.4. The van der Waals surface area contributed by atoms with Gasteiger partial charge in [0.05, 0.1) is 14.8 Å². The number of benzene rings is 3. The van der Waals surface area contributed by atoms with Gasteiger partial charge < -0.3 is 9.84 Å². The minimum absolute atomic E-state index is 0.0314. The lowest BCUT2D eigenvalue weighted by Crippen LogP contribution is -2.26. The molecule has 1 N–H and O–H groups in total. The number of carbonyl (C=O) groups is 1. The van der Waals surface area contributed by atoms with E-state index in [1.807, 2.05) is 0 Å². The molecule has 0 fully saturated rings. The molecule has 0 aliphatic carbocycles. The molecule has 35 heavy (non-hydrogen) atoms. The van der Waals surface area contributed by atoms with Gasteiger partial charge in [0, 0.05) is 25.4 Å². The Labute approximate surface area is 207 Å². The van der Waals surface area contributed by atoms with Crippen molar-refractivity contribution in [1.82, 2.24) is 4.31 Å². The molecule has 0 spiro atoms. The minimum Gasteiger partial charge on any atom is -0.478 e. The Morgan fingerprint density at radius 3 is 2.26 bits per heavy atom. The van der Waals surface area contributed by atoms with Gasteiger partial charge in [-0.3, -0.25) is 0 Å². The van der Waals surface area contributed by atoms with Crippen LogP contribution in [0.25, 0.3) is 0 Å². The smallest absolute Gasteiger partial charge is 0.349 e. The van der Waals surface area contributed by atoms with E-state index in [0.29, 0.717) is 5.56 Å². The summed E-state index contributed by atoms with van der Waals surface area (Å²) in [5.74, 6) is -1.86. The van der Waals surface area contributed by atoms with E-state index >= 15 is 0 Å².